The average Bonchev–Trinajstić information content (AvgIpc) is 2.69. The fourth-order valence-corrected chi connectivity index (χ4v) is 2.59. The van der Waals surface area contributed by atoms with E-state index in [1.54, 1.807) is 6.07 Å². The van der Waals surface area contributed by atoms with Gasteiger partial charge in [0.1, 0.15) is 5.82 Å². The van der Waals surface area contributed by atoms with Gasteiger partial charge in [-0.1, -0.05) is 22.0 Å². The van der Waals surface area contributed by atoms with Gasteiger partial charge in [0.2, 0.25) is 0 Å². The van der Waals surface area contributed by atoms with Crippen molar-refractivity contribution in [1.82, 2.24) is 5.32 Å². The molecule has 1 aliphatic rings. The van der Waals surface area contributed by atoms with E-state index >= 15 is 0 Å². The van der Waals surface area contributed by atoms with E-state index in [1.165, 1.54) is 12.1 Å². The predicted molar refractivity (Wildman–Crippen MR) is 69.4 cm³/mol. The first-order chi connectivity index (χ1) is 8.09. The van der Waals surface area contributed by atoms with Crippen molar-refractivity contribution in [1.29, 1.82) is 0 Å². The van der Waals surface area contributed by atoms with Crippen molar-refractivity contribution < 1.29 is 9.13 Å². The Labute approximate surface area is 110 Å². The highest BCUT2D eigenvalue weighted by molar-refractivity contribution is 9.10. The Morgan fingerprint density at radius 1 is 1.53 bits per heavy atom. The van der Waals surface area contributed by atoms with Gasteiger partial charge in [-0.15, -0.1) is 0 Å². The second-order valence-electron chi connectivity index (χ2n) is 4.74. The van der Waals surface area contributed by atoms with Crippen LogP contribution in [0.3, 0.4) is 0 Å². The van der Waals surface area contributed by atoms with Gasteiger partial charge in [-0.2, -0.15) is 0 Å². The second kappa shape index (κ2) is 5.46. The molecule has 2 rings (SSSR count). The SMILES string of the molecule is CC1(CNCc2ccc(F)cc2Br)CCCO1. The summed E-state index contributed by atoms with van der Waals surface area (Å²) in [6, 6.07) is 4.77. The van der Waals surface area contributed by atoms with Gasteiger partial charge in [-0.25, -0.2) is 4.39 Å². The summed E-state index contributed by atoms with van der Waals surface area (Å²) in [6.07, 6.45) is 2.24. The van der Waals surface area contributed by atoms with Gasteiger partial charge in [-0.05, 0) is 37.5 Å². The third-order valence-corrected chi connectivity index (χ3v) is 3.87. The minimum atomic E-state index is -0.216. The smallest absolute Gasteiger partial charge is 0.124 e. The van der Waals surface area contributed by atoms with Crippen molar-refractivity contribution in [3.63, 3.8) is 0 Å². The summed E-state index contributed by atoms with van der Waals surface area (Å²) < 4.78 is 19.4. The zero-order chi connectivity index (χ0) is 12.3. The van der Waals surface area contributed by atoms with Crippen molar-refractivity contribution in [2.45, 2.75) is 31.9 Å². The summed E-state index contributed by atoms with van der Waals surface area (Å²) >= 11 is 3.36. The molecule has 0 amide bonds. The second-order valence-corrected chi connectivity index (χ2v) is 5.60. The van der Waals surface area contributed by atoms with E-state index in [0.717, 1.165) is 42.6 Å². The predicted octanol–water partition coefficient (Wildman–Crippen LogP) is 3.25. The molecule has 94 valence electrons. The Hall–Kier alpha value is -0.450. The summed E-state index contributed by atoms with van der Waals surface area (Å²) in [7, 11) is 0. The molecule has 17 heavy (non-hydrogen) atoms. The summed E-state index contributed by atoms with van der Waals surface area (Å²) in [6.45, 7) is 4.54. The molecule has 0 bridgehead atoms. The van der Waals surface area contributed by atoms with Crippen molar-refractivity contribution >= 4 is 15.9 Å². The highest BCUT2D eigenvalue weighted by Crippen LogP contribution is 2.24. The number of hydrogen-bond acceptors (Lipinski definition) is 2. The van der Waals surface area contributed by atoms with Gasteiger partial charge in [0.05, 0.1) is 5.60 Å². The number of benzene rings is 1. The first-order valence-corrected chi connectivity index (χ1v) is 6.67. The Kier molecular flexibility index (Phi) is 4.17. The van der Waals surface area contributed by atoms with Crippen molar-refractivity contribution in [3.8, 4) is 0 Å². The lowest BCUT2D eigenvalue weighted by Crippen LogP contribution is -2.36. The molecule has 1 atom stereocenters. The first kappa shape index (κ1) is 13.0. The van der Waals surface area contributed by atoms with Gasteiger partial charge in [-0.3, -0.25) is 0 Å². The van der Waals surface area contributed by atoms with Crippen LogP contribution >= 0.6 is 15.9 Å². The van der Waals surface area contributed by atoms with Crippen LogP contribution in [0.15, 0.2) is 22.7 Å². The van der Waals surface area contributed by atoms with Gasteiger partial charge >= 0.3 is 0 Å². The molecule has 4 heteroatoms. The van der Waals surface area contributed by atoms with E-state index in [-0.39, 0.29) is 11.4 Å². The number of rotatable bonds is 4. The molecule has 0 radical (unpaired) electrons. The van der Waals surface area contributed by atoms with Crippen LogP contribution in [0.25, 0.3) is 0 Å². The van der Waals surface area contributed by atoms with E-state index < -0.39 is 0 Å². The lowest BCUT2D eigenvalue weighted by molar-refractivity contribution is 0.0206. The lowest BCUT2D eigenvalue weighted by Gasteiger charge is -2.23. The molecule has 1 fully saturated rings. The van der Waals surface area contributed by atoms with Crippen molar-refractivity contribution in [3.05, 3.63) is 34.1 Å². The van der Waals surface area contributed by atoms with E-state index in [1.807, 2.05) is 0 Å². The molecule has 1 aromatic rings. The summed E-state index contributed by atoms with van der Waals surface area (Å²) in [5.41, 5.74) is 1.03. The van der Waals surface area contributed by atoms with Crippen LogP contribution in [0.2, 0.25) is 0 Å². The fourth-order valence-electron chi connectivity index (χ4n) is 2.10. The highest BCUT2D eigenvalue weighted by atomic mass is 79.9. The van der Waals surface area contributed by atoms with Crippen LogP contribution in [-0.4, -0.2) is 18.8 Å². The molecular formula is C13H17BrFNO. The van der Waals surface area contributed by atoms with Gasteiger partial charge in [0.25, 0.3) is 0 Å². The van der Waals surface area contributed by atoms with Crippen LogP contribution in [-0.2, 0) is 11.3 Å². The molecule has 0 aromatic heterocycles. The normalized spacial score (nSPS) is 24.2. The minimum Gasteiger partial charge on any atom is -0.374 e. The molecule has 0 saturated carbocycles. The topological polar surface area (TPSA) is 21.3 Å². The van der Waals surface area contributed by atoms with Crippen LogP contribution < -0.4 is 5.32 Å². The van der Waals surface area contributed by atoms with Crippen LogP contribution in [0.4, 0.5) is 4.39 Å². The largest absolute Gasteiger partial charge is 0.374 e. The standard InChI is InChI=1S/C13H17BrFNO/c1-13(5-2-6-17-13)9-16-8-10-3-4-11(15)7-12(10)14/h3-4,7,16H,2,5-6,8-9H2,1H3. The number of ether oxygens (including phenoxy) is 1. The van der Waals surface area contributed by atoms with Crippen molar-refractivity contribution in [2.24, 2.45) is 0 Å². The molecule has 1 saturated heterocycles. The number of nitrogens with one attached hydrogen (secondary N) is 1. The summed E-state index contributed by atoms with van der Waals surface area (Å²) in [5.74, 6) is -0.216. The van der Waals surface area contributed by atoms with Crippen LogP contribution in [0, 0.1) is 5.82 Å². The van der Waals surface area contributed by atoms with E-state index in [9.17, 15) is 4.39 Å². The van der Waals surface area contributed by atoms with E-state index in [2.05, 4.69) is 28.2 Å². The highest BCUT2D eigenvalue weighted by Gasteiger charge is 2.28. The maximum Gasteiger partial charge on any atom is 0.124 e. The number of hydrogen-bond donors (Lipinski definition) is 1. The molecule has 1 unspecified atom stereocenters. The van der Waals surface area contributed by atoms with Gasteiger partial charge in [0, 0.05) is 24.2 Å². The minimum absolute atomic E-state index is 0.0352. The molecule has 1 aromatic carbocycles. The van der Waals surface area contributed by atoms with Crippen molar-refractivity contribution in [2.75, 3.05) is 13.2 Å². The fraction of sp³-hybridized carbons (Fsp3) is 0.538. The zero-order valence-electron chi connectivity index (χ0n) is 9.93. The average molecular weight is 302 g/mol. The maximum absolute atomic E-state index is 12.9. The molecular weight excluding hydrogens is 285 g/mol. The van der Waals surface area contributed by atoms with Gasteiger partial charge in [0.15, 0.2) is 0 Å². The molecule has 1 N–H and O–H groups in total. The van der Waals surface area contributed by atoms with Gasteiger partial charge < -0.3 is 10.1 Å². The Morgan fingerprint density at radius 2 is 2.35 bits per heavy atom. The van der Waals surface area contributed by atoms with E-state index in [4.69, 9.17) is 4.74 Å². The maximum atomic E-state index is 12.9. The number of halogens is 2. The Balaban J connectivity index is 1.85. The zero-order valence-corrected chi connectivity index (χ0v) is 11.5. The van der Waals surface area contributed by atoms with E-state index in [0.29, 0.717) is 0 Å². The molecule has 2 nitrogen and oxygen atoms in total. The Morgan fingerprint density at radius 3 is 3.00 bits per heavy atom. The molecule has 0 aliphatic carbocycles. The molecule has 1 aliphatic heterocycles. The third kappa shape index (κ3) is 3.50. The van der Waals surface area contributed by atoms with Crippen LogP contribution in [0.5, 0.6) is 0 Å². The molecule has 1 heterocycles. The monoisotopic (exact) mass is 301 g/mol. The summed E-state index contributed by atoms with van der Waals surface area (Å²) in [4.78, 5) is 0. The lowest BCUT2D eigenvalue weighted by atomic mass is 10.0. The quantitative estimate of drug-likeness (QED) is 0.922. The molecule has 0 spiro atoms. The van der Waals surface area contributed by atoms with Crippen LogP contribution in [0.1, 0.15) is 25.3 Å². The summed E-state index contributed by atoms with van der Waals surface area (Å²) in [5, 5.41) is 3.37. The first-order valence-electron chi connectivity index (χ1n) is 5.88. The third-order valence-electron chi connectivity index (χ3n) is 3.13. The Bertz CT molecular complexity index is 391.